The van der Waals surface area contributed by atoms with Crippen LogP contribution in [0.25, 0.3) is 11.0 Å². The normalized spacial score (nSPS) is 10.7. The van der Waals surface area contributed by atoms with Gasteiger partial charge in [0.05, 0.1) is 19.6 Å². The summed E-state index contributed by atoms with van der Waals surface area (Å²) < 4.78 is 17.4. The molecule has 0 radical (unpaired) electrons. The van der Waals surface area contributed by atoms with E-state index in [1.165, 1.54) is 0 Å². The van der Waals surface area contributed by atoms with Crippen molar-refractivity contribution in [1.29, 1.82) is 0 Å². The number of furan rings is 1. The summed E-state index contributed by atoms with van der Waals surface area (Å²) in [7, 11) is 0. The van der Waals surface area contributed by atoms with Crippen LogP contribution >= 0.6 is 15.9 Å². The molecular weight excluding hydrogens is 440 g/mol. The Bertz CT molecular complexity index is 1060. The second-order valence-electron chi connectivity index (χ2n) is 6.15. The number of para-hydroxylation sites is 1. The van der Waals surface area contributed by atoms with Crippen molar-refractivity contribution in [3.05, 3.63) is 52.2 Å². The molecule has 0 unspecified atom stereocenters. The third-order valence-corrected chi connectivity index (χ3v) is 4.89. The maximum absolute atomic E-state index is 12.7. The van der Waals surface area contributed by atoms with Crippen molar-refractivity contribution >= 4 is 44.4 Å². The van der Waals surface area contributed by atoms with Gasteiger partial charge >= 0.3 is 0 Å². The number of hydrogen-bond acceptors (Lipinski definition) is 5. The molecule has 0 spiro atoms. The van der Waals surface area contributed by atoms with Crippen molar-refractivity contribution in [3.63, 3.8) is 0 Å². The molecule has 152 valence electrons. The number of carbonyl (C=O) groups excluding carboxylic acids is 2. The first-order valence-electron chi connectivity index (χ1n) is 9.13. The molecule has 3 rings (SSSR count). The maximum Gasteiger partial charge on any atom is 0.286 e. The van der Waals surface area contributed by atoms with Crippen LogP contribution in [0, 0.1) is 0 Å². The molecule has 0 saturated carbocycles. The van der Waals surface area contributed by atoms with Gasteiger partial charge in [0.1, 0.15) is 11.3 Å². The lowest BCUT2D eigenvalue weighted by Crippen LogP contribution is -2.18. The van der Waals surface area contributed by atoms with Gasteiger partial charge in [-0.2, -0.15) is 0 Å². The van der Waals surface area contributed by atoms with E-state index in [0.29, 0.717) is 45.7 Å². The van der Waals surface area contributed by atoms with E-state index in [1.54, 1.807) is 36.4 Å². The standard InChI is InChI=1S/C21H21BrN2O5/c1-3-27-16-9-12(14(22)11-17(16)28-4-2)10-18(25)24-19-13-7-5-6-8-15(13)29-20(19)21(23)26/h5-9,11H,3-4,10H2,1-2H3,(H2,23,26)(H,24,25). The zero-order valence-corrected chi connectivity index (χ0v) is 17.7. The number of benzene rings is 2. The van der Waals surface area contributed by atoms with Crippen LogP contribution in [0.3, 0.4) is 0 Å². The van der Waals surface area contributed by atoms with Crippen molar-refractivity contribution in [2.45, 2.75) is 20.3 Å². The number of halogens is 1. The fraction of sp³-hybridized carbons (Fsp3) is 0.238. The molecule has 0 atom stereocenters. The average Bonchev–Trinajstić information content (AvgIpc) is 3.04. The molecule has 7 nitrogen and oxygen atoms in total. The number of nitrogens with one attached hydrogen (secondary N) is 1. The SMILES string of the molecule is CCOc1cc(Br)c(CC(=O)Nc2c(C(N)=O)oc3ccccc23)cc1OCC. The Balaban J connectivity index is 1.88. The van der Waals surface area contributed by atoms with E-state index in [-0.39, 0.29) is 23.8 Å². The first kappa shape index (κ1) is 20.7. The zero-order chi connectivity index (χ0) is 21.0. The van der Waals surface area contributed by atoms with Crippen LogP contribution in [-0.4, -0.2) is 25.0 Å². The molecule has 0 aliphatic carbocycles. The second kappa shape index (κ2) is 9.00. The molecule has 29 heavy (non-hydrogen) atoms. The first-order chi connectivity index (χ1) is 13.9. The lowest BCUT2D eigenvalue weighted by molar-refractivity contribution is -0.115. The highest BCUT2D eigenvalue weighted by Crippen LogP contribution is 2.35. The van der Waals surface area contributed by atoms with Crippen molar-refractivity contribution < 1.29 is 23.5 Å². The van der Waals surface area contributed by atoms with Gasteiger partial charge in [-0.15, -0.1) is 0 Å². The van der Waals surface area contributed by atoms with Gasteiger partial charge in [0, 0.05) is 9.86 Å². The minimum absolute atomic E-state index is 0.0464. The Morgan fingerprint density at radius 2 is 1.76 bits per heavy atom. The fourth-order valence-electron chi connectivity index (χ4n) is 2.95. The van der Waals surface area contributed by atoms with Gasteiger partial charge in [0.15, 0.2) is 11.5 Å². The molecule has 1 heterocycles. The zero-order valence-electron chi connectivity index (χ0n) is 16.1. The summed E-state index contributed by atoms with van der Waals surface area (Å²) in [5.74, 6) is -0.00165. The van der Waals surface area contributed by atoms with E-state index in [2.05, 4.69) is 21.2 Å². The minimum Gasteiger partial charge on any atom is -0.490 e. The third-order valence-electron chi connectivity index (χ3n) is 4.15. The largest absolute Gasteiger partial charge is 0.490 e. The summed E-state index contributed by atoms with van der Waals surface area (Å²) in [6, 6.07) is 10.6. The van der Waals surface area contributed by atoms with Crippen molar-refractivity contribution in [2.24, 2.45) is 5.73 Å². The maximum atomic E-state index is 12.7. The van der Waals surface area contributed by atoms with Gasteiger partial charge in [-0.3, -0.25) is 9.59 Å². The van der Waals surface area contributed by atoms with Crippen LogP contribution in [0.4, 0.5) is 5.69 Å². The number of carbonyl (C=O) groups is 2. The predicted octanol–water partition coefficient (Wildman–Crippen LogP) is 4.27. The topological polar surface area (TPSA) is 104 Å². The van der Waals surface area contributed by atoms with Crippen LogP contribution in [0.5, 0.6) is 11.5 Å². The minimum atomic E-state index is -0.752. The predicted molar refractivity (Wildman–Crippen MR) is 114 cm³/mol. The van der Waals surface area contributed by atoms with E-state index >= 15 is 0 Å². The highest BCUT2D eigenvalue weighted by atomic mass is 79.9. The monoisotopic (exact) mass is 460 g/mol. The Morgan fingerprint density at radius 3 is 2.41 bits per heavy atom. The number of amides is 2. The molecule has 3 N–H and O–H groups in total. The second-order valence-corrected chi connectivity index (χ2v) is 7.00. The van der Waals surface area contributed by atoms with Gasteiger partial charge in [0.25, 0.3) is 5.91 Å². The third kappa shape index (κ3) is 4.54. The fourth-order valence-corrected chi connectivity index (χ4v) is 3.41. The van der Waals surface area contributed by atoms with E-state index in [9.17, 15) is 9.59 Å². The number of fused-ring (bicyclic) bond motifs is 1. The van der Waals surface area contributed by atoms with Crippen LogP contribution < -0.4 is 20.5 Å². The van der Waals surface area contributed by atoms with Gasteiger partial charge in [-0.05, 0) is 43.7 Å². The number of hydrogen-bond donors (Lipinski definition) is 2. The molecule has 3 aromatic rings. The molecule has 2 aromatic carbocycles. The Hall–Kier alpha value is -3.00. The highest BCUT2D eigenvalue weighted by Gasteiger charge is 2.21. The van der Waals surface area contributed by atoms with E-state index in [1.807, 2.05) is 13.8 Å². The van der Waals surface area contributed by atoms with Gasteiger partial charge in [-0.25, -0.2) is 0 Å². The van der Waals surface area contributed by atoms with Crippen molar-refractivity contribution in [2.75, 3.05) is 18.5 Å². The molecule has 0 aliphatic rings. The van der Waals surface area contributed by atoms with Crippen molar-refractivity contribution in [1.82, 2.24) is 0 Å². The number of primary amides is 1. The summed E-state index contributed by atoms with van der Waals surface area (Å²) in [5.41, 5.74) is 6.86. The summed E-state index contributed by atoms with van der Waals surface area (Å²) in [6.45, 7) is 4.72. The van der Waals surface area contributed by atoms with Gasteiger partial charge in [0.2, 0.25) is 11.7 Å². The molecule has 0 bridgehead atoms. The molecule has 1 aromatic heterocycles. The molecule has 0 saturated heterocycles. The van der Waals surface area contributed by atoms with Gasteiger partial charge < -0.3 is 24.9 Å². The summed E-state index contributed by atoms with van der Waals surface area (Å²) in [5, 5.41) is 3.36. The van der Waals surface area contributed by atoms with Crippen LogP contribution in [0.1, 0.15) is 30.0 Å². The Labute approximate surface area is 176 Å². The Morgan fingerprint density at radius 1 is 1.10 bits per heavy atom. The highest BCUT2D eigenvalue weighted by molar-refractivity contribution is 9.10. The number of ether oxygens (including phenoxy) is 2. The van der Waals surface area contributed by atoms with Crippen LogP contribution in [0.15, 0.2) is 45.3 Å². The van der Waals surface area contributed by atoms with E-state index < -0.39 is 5.91 Å². The van der Waals surface area contributed by atoms with E-state index in [0.717, 1.165) is 0 Å². The van der Waals surface area contributed by atoms with Crippen molar-refractivity contribution in [3.8, 4) is 11.5 Å². The Kier molecular flexibility index (Phi) is 6.43. The number of anilines is 1. The molecular formula is C21H21BrN2O5. The molecule has 8 heteroatoms. The van der Waals surface area contributed by atoms with Gasteiger partial charge in [-0.1, -0.05) is 28.1 Å². The number of rotatable bonds is 8. The van der Waals surface area contributed by atoms with E-state index in [4.69, 9.17) is 19.6 Å². The van der Waals surface area contributed by atoms with Crippen LogP contribution in [0.2, 0.25) is 0 Å². The lowest BCUT2D eigenvalue weighted by Gasteiger charge is -2.14. The summed E-state index contributed by atoms with van der Waals surface area (Å²) in [4.78, 5) is 24.5. The first-order valence-corrected chi connectivity index (χ1v) is 9.93. The lowest BCUT2D eigenvalue weighted by atomic mass is 10.1. The molecule has 0 aliphatic heterocycles. The summed E-state index contributed by atoms with van der Waals surface area (Å²) >= 11 is 3.48. The van der Waals surface area contributed by atoms with Crippen LogP contribution in [-0.2, 0) is 11.2 Å². The number of nitrogens with two attached hydrogens (primary N) is 1. The molecule has 0 fully saturated rings. The quantitative estimate of drug-likeness (QED) is 0.522. The smallest absolute Gasteiger partial charge is 0.286 e. The molecule has 2 amide bonds. The summed E-state index contributed by atoms with van der Waals surface area (Å²) in [6.07, 6.45) is 0.0464. The average molecular weight is 461 g/mol.